The van der Waals surface area contributed by atoms with E-state index in [0.29, 0.717) is 5.69 Å². The van der Waals surface area contributed by atoms with Gasteiger partial charge in [0.05, 0.1) is 0 Å². The Morgan fingerprint density at radius 3 is 2.76 bits per heavy atom. The normalized spacial score (nSPS) is 21.3. The Bertz CT molecular complexity index is 787. The van der Waals surface area contributed by atoms with Crippen molar-refractivity contribution in [2.75, 3.05) is 19.6 Å². The van der Waals surface area contributed by atoms with Gasteiger partial charge in [-0.15, -0.1) is 0 Å². The monoisotopic (exact) mass is 391 g/mol. The number of likely N-dealkylation sites (tertiary alicyclic amines) is 1. The molecule has 0 bridgehead atoms. The number of piperidine rings is 1. The smallest absolute Gasteiger partial charge is 0.117 e. The average molecular weight is 392 g/mol. The second-order valence-electron chi connectivity index (χ2n) is 8.86. The van der Waals surface area contributed by atoms with Gasteiger partial charge >= 0.3 is 0 Å². The standard InChI is InChI=1S/C24H33N5/c25-13-23-12-22(15-27-23)18-28(16-20-6-4-10-26-14-20)17-21-7-5-11-29(19-21)24-8-2-1-3-9-24/h4,6,10,12,14-15,21,24,27H,1-3,5,7-9,11,16-19H2. The van der Waals surface area contributed by atoms with Crippen molar-refractivity contribution >= 4 is 0 Å². The van der Waals surface area contributed by atoms with E-state index in [-0.39, 0.29) is 0 Å². The number of nitrogens with one attached hydrogen (secondary N) is 1. The summed E-state index contributed by atoms with van der Waals surface area (Å²) in [6, 6.07) is 9.18. The first-order valence-electron chi connectivity index (χ1n) is 11.2. The zero-order valence-electron chi connectivity index (χ0n) is 17.4. The van der Waals surface area contributed by atoms with Gasteiger partial charge in [-0.2, -0.15) is 5.26 Å². The fourth-order valence-electron chi connectivity index (χ4n) is 5.18. The third-order valence-electron chi connectivity index (χ3n) is 6.56. The van der Waals surface area contributed by atoms with Gasteiger partial charge in [-0.1, -0.05) is 25.3 Å². The molecule has 0 spiro atoms. The molecule has 1 unspecified atom stereocenters. The van der Waals surface area contributed by atoms with Crippen LogP contribution in [0, 0.1) is 17.2 Å². The molecule has 1 saturated carbocycles. The molecule has 4 rings (SSSR count). The molecule has 0 amide bonds. The summed E-state index contributed by atoms with van der Waals surface area (Å²) in [6.45, 7) is 5.40. The topological polar surface area (TPSA) is 59.0 Å². The second-order valence-corrected chi connectivity index (χ2v) is 8.86. The van der Waals surface area contributed by atoms with E-state index in [1.165, 1.54) is 69.2 Å². The zero-order chi connectivity index (χ0) is 19.9. The van der Waals surface area contributed by atoms with E-state index in [0.717, 1.165) is 31.6 Å². The van der Waals surface area contributed by atoms with Crippen molar-refractivity contribution in [3.63, 3.8) is 0 Å². The van der Waals surface area contributed by atoms with Crippen molar-refractivity contribution in [3.8, 4) is 6.07 Å². The Kier molecular flexibility index (Phi) is 6.97. The highest BCUT2D eigenvalue weighted by Crippen LogP contribution is 2.28. The summed E-state index contributed by atoms with van der Waals surface area (Å²) in [5, 5.41) is 9.13. The maximum atomic E-state index is 9.13. The quantitative estimate of drug-likeness (QED) is 0.763. The van der Waals surface area contributed by atoms with Gasteiger partial charge < -0.3 is 9.88 Å². The van der Waals surface area contributed by atoms with Crippen LogP contribution >= 0.6 is 0 Å². The lowest BCUT2D eigenvalue weighted by Gasteiger charge is -2.41. The Morgan fingerprint density at radius 2 is 2.00 bits per heavy atom. The van der Waals surface area contributed by atoms with Crippen molar-refractivity contribution in [1.29, 1.82) is 5.26 Å². The summed E-state index contributed by atoms with van der Waals surface area (Å²) < 4.78 is 0. The second kappa shape index (κ2) is 10.0. The minimum Gasteiger partial charge on any atom is -0.353 e. The molecule has 0 aromatic carbocycles. The first-order valence-corrected chi connectivity index (χ1v) is 11.2. The maximum absolute atomic E-state index is 9.13. The maximum Gasteiger partial charge on any atom is 0.117 e. The molecule has 1 saturated heterocycles. The Hall–Kier alpha value is -2.16. The molecule has 0 radical (unpaired) electrons. The van der Waals surface area contributed by atoms with Gasteiger partial charge in [-0.05, 0) is 61.4 Å². The molecule has 1 atom stereocenters. The Labute approximate surface area is 174 Å². The van der Waals surface area contributed by atoms with Crippen LogP contribution < -0.4 is 0 Å². The van der Waals surface area contributed by atoms with Crippen molar-refractivity contribution in [3.05, 3.63) is 53.6 Å². The number of H-pyrrole nitrogens is 1. The molecule has 5 nitrogen and oxygen atoms in total. The minimum absolute atomic E-state index is 0.641. The Morgan fingerprint density at radius 1 is 1.14 bits per heavy atom. The van der Waals surface area contributed by atoms with Crippen LogP contribution in [0.5, 0.6) is 0 Å². The highest BCUT2D eigenvalue weighted by Gasteiger charge is 2.28. The van der Waals surface area contributed by atoms with Gasteiger partial charge in [0, 0.05) is 50.8 Å². The highest BCUT2D eigenvalue weighted by atomic mass is 15.2. The van der Waals surface area contributed by atoms with Gasteiger partial charge in [0.25, 0.3) is 0 Å². The highest BCUT2D eigenvalue weighted by molar-refractivity contribution is 5.26. The van der Waals surface area contributed by atoms with E-state index in [1.54, 1.807) is 0 Å². The van der Waals surface area contributed by atoms with E-state index in [2.05, 4.69) is 31.9 Å². The average Bonchev–Trinajstić information content (AvgIpc) is 3.23. The number of aromatic amines is 1. The molecule has 5 heteroatoms. The van der Waals surface area contributed by atoms with Crippen LogP contribution in [-0.4, -0.2) is 45.4 Å². The lowest BCUT2D eigenvalue weighted by Crippen LogP contribution is -2.46. The molecule has 1 N–H and O–H groups in total. The van der Waals surface area contributed by atoms with Crippen molar-refractivity contribution in [2.24, 2.45) is 5.92 Å². The summed E-state index contributed by atoms with van der Waals surface area (Å²) in [5.41, 5.74) is 3.08. The molecule has 2 aromatic rings. The molecule has 2 aliphatic rings. The number of nitriles is 1. The summed E-state index contributed by atoms with van der Waals surface area (Å²) in [4.78, 5) is 12.7. The molecule has 1 aliphatic heterocycles. The molecule has 3 heterocycles. The number of pyridine rings is 1. The van der Waals surface area contributed by atoms with Crippen LogP contribution in [0.3, 0.4) is 0 Å². The number of nitrogens with zero attached hydrogens (tertiary/aromatic N) is 4. The molecular formula is C24H33N5. The summed E-state index contributed by atoms with van der Waals surface area (Å²) in [5.74, 6) is 0.719. The van der Waals surface area contributed by atoms with E-state index in [1.807, 2.05) is 30.7 Å². The number of hydrogen-bond acceptors (Lipinski definition) is 4. The number of rotatable bonds is 7. The molecule has 2 aromatic heterocycles. The van der Waals surface area contributed by atoms with E-state index in [9.17, 15) is 0 Å². The fourth-order valence-corrected chi connectivity index (χ4v) is 5.18. The first-order chi connectivity index (χ1) is 14.3. The van der Waals surface area contributed by atoms with Gasteiger partial charge in [0.1, 0.15) is 11.8 Å². The van der Waals surface area contributed by atoms with E-state index >= 15 is 0 Å². The van der Waals surface area contributed by atoms with E-state index < -0.39 is 0 Å². The van der Waals surface area contributed by atoms with Gasteiger partial charge in [0.15, 0.2) is 0 Å². The van der Waals surface area contributed by atoms with Crippen molar-refractivity contribution in [1.82, 2.24) is 19.8 Å². The van der Waals surface area contributed by atoms with Crippen LogP contribution in [0.25, 0.3) is 0 Å². The summed E-state index contributed by atoms with van der Waals surface area (Å²) in [7, 11) is 0. The lowest BCUT2D eigenvalue weighted by molar-refractivity contribution is 0.0771. The molecule has 2 fully saturated rings. The first kappa shape index (κ1) is 20.1. The van der Waals surface area contributed by atoms with Crippen LogP contribution in [0.4, 0.5) is 0 Å². The number of hydrogen-bond donors (Lipinski definition) is 1. The predicted octanol–water partition coefficient (Wildman–Crippen LogP) is 4.33. The minimum atomic E-state index is 0.641. The fraction of sp³-hybridized carbons (Fsp3) is 0.583. The van der Waals surface area contributed by atoms with Gasteiger partial charge in [-0.25, -0.2) is 0 Å². The molecule has 1 aliphatic carbocycles. The SMILES string of the molecule is N#Cc1cc(CN(Cc2cccnc2)CC2CCCN(C3CCCCC3)C2)c[nH]1. The van der Waals surface area contributed by atoms with Gasteiger partial charge in [-0.3, -0.25) is 9.88 Å². The molecule has 154 valence electrons. The molecule has 29 heavy (non-hydrogen) atoms. The predicted molar refractivity (Wildman–Crippen MR) is 115 cm³/mol. The largest absolute Gasteiger partial charge is 0.353 e. The number of aromatic nitrogens is 2. The van der Waals surface area contributed by atoms with Gasteiger partial charge in [0.2, 0.25) is 0 Å². The zero-order valence-corrected chi connectivity index (χ0v) is 17.4. The van der Waals surface area contributed by atoms with Crippen molar-refractivity contribution in [2.45, 2.75) is 64.1 Å². The van der Waals surface area contributed by atoms with Crippen LogP contribution in [0.1, 0.15) is 61.8 Å². The van der Waals surface area contributed by atoms with Crippen LogP contribution in [0.15, 0.2) is 36.8 Å². The summed E-state index contributed by atoms with van der Waals surface area (Å²) >= 11 is 0. The lowest BCUT2D eigenvalue weighted by atomic mass is 9.90. The van der Waals surface area contributed by atoms with Crippen molar-refractivity contribution < 1.29 is 0 Å². The van der Waals surface area contributed by atoms with E-state index in [4.69, 9.17) is 5.26 Å². The summed E-state index contributed by atoms with van der Waals surface area (Å²) in [6.07, 6.45) is 15.5. The Balaban J connectivity index is 1.41. The van der Waals surface area contributed by atoms with Crippen LogP contribution in [-0.2, 0) is 13.1 Å². The third-order valence-corrected chi connectivity index (χ3v) is 6.56. The van der Waals surface area contributed by atoms with Crippen LogP contribution in [0.2, 0.25) is 0 Å². The molecular weight excluding hydrogens is 358 g/mol. The third kappa shape index (κ3) is 5.68.